The largest absolute Gasteiger partial charge is 0.496 e. The van der Waals surface area contributed by atoms with Crippen LogP contribution >= 0.6 is 0 Å². The van der Waals surface area contributed by atoms with Gasteiger partial charge < -0.3 is 9.47 Å². The summed E-state index contributed by atoms with van der Waals surface area (Å²) in [6.07, 6.45) is -0.0662. The van der Waals surface area contributed by atoms with Crippen molar-refractivity contribution in [1.29, 1.82) is 0 Å². The van der Waals surface area contributed by atoms with Crippen molar-refractivity contribution < 1.29 is 9.47 Å². The molecule has 0 aliphatic heterocycles. The molecule has 2 aromatic rings. The van der Waals surface area contributed by atoms with Crippen molar-refractivity contribution in [2.45, 2.75) is 13.0 Å². The van der Waals surface area contributed by atoms with Gasteiger partial charge in [0.05, 0.1) is 7.11 Å². The highest BCUT2D eigenvalue weighted by Crippen LogP contribution is 2.50. The first-order valence-corrected chi connectivity index (χ1v) is 6.74. The lowest BCUT2D eigenvalue weighted by Crippen LogP contribution is -2.03. The Labute approximate surface area is 119 Å². The normalized spacial score (nSPS) is 17.2. The summed E-state index contributed by atoms with van der Waals surface area (Å²) < 4.78 is 11.3. The van der Waals surface area contributed by atoms with Crippen LogP contribution in [0.3, 0.4) is 0 Å². The number of ether oxygens (including phenoxy) is 2. The van der Waals surface area contributed by atoms with E-state index in [1.165, 1.54) is 22.3 Å². The zero-order chi connectivity index (χ0) is 14.1. The van der Waals surface area contributed by atoms with Crippen molar-refractivity contribution in [2.24, 2.45) is 0 Å². The fraction of sp³-hybridized carbons (Fsp3) is 0.222. The van der Waals surface area contributed by atoms with E-state index >= 15 is 0 Å². The van der Waals surface area contributed by atoms with E-state index in [1.807, 2.05) is 18.2 Å². The van der Waals surface area contributed by atoms with Crippen LogP contribution in [0.5, 0.6) is 5.75 Å². The maximum absolute atomic E-state index is 5.78. The molecule has 0 radical (unpaired) electrons. The van der Waals surface area contributed by atoms with Crippen LogP contribution in [0.15, 0.2) is 48.5 Å². The Hall–Kier alpha value is -2.06. The van der Waals surface area contributed by atoms with Crippen LogP contribution in [0.4, 0.5) is 0 Å². The third-order valence-corrected chi connectivity index (χ3v) is 3.94. The first-order valence-electron chi connectivity index (χ1n) is 6.74. The number of hydrogen-bond acceptors (Lipinski definition) is 2. The average Bonchev–Trinajstić information content (AvgIpc) is 2.80. The molecule has 0 saturated carbocycles. The Bertz CT molecular complexity index is 656. The summed E-state index contributed by atoms with van der Waals surface area (Å²) in [6.45, 7) is 2.15. The zero-order valence-electron chi connectivity index (χ0n) is 12.0. The van der Waals surface area contributed by atoms with Crippen LogP contribution in [0.25, 0.3) is 11.1 Å². The monoisotopic (exact) mass is 266 g/mol. The predicted molar refractivity (Wildman–Crippen MR) is 81.7 cm³/mol. The molecule has 0 heterocycles. The molecule has 1 aliphatic rings. The summed E-state index contributed by atoms with van der Waals surface area (Å²) in [5, 5.41) is 0. The van der Waals surface area contributed by atoms with Crippen LogP contribution in [0.1, 0.15) is 29.7 Å². The maximum Gasteiger partial charge on any atom is 0.125 e. The molecule has 2 nitrogen and oxygen atoms in total. The molecule has 0 bridgehead atoms. The molecule has 102 valence electrons. The van der Waals surface area contributed by atoms with Gasteiger partial charge in [-0.15, -0.1) is 0 Å². The standard InChI is InChI=1S/C18H18O2/c1-12-14-10-7-11-15(19-2)17(14)18(20-3)16(12)13-8-5-4-6-9-13/h4-11,18H,1-3H3. The van der Waals surface area contributed by atoms with Gasteiger partial charge in [-0.3, -0.25) is 0 Å². The summed E-state index contributed by atoms with van der Waals surface area (Å²) in [7, 11) is 3.46. The number of hydrogen-bond donors (Lipinski definition) is 0. The van der Waals surface area contributed by atoms with E-state index in [0.29, 0.717) is 0 Å². The SMILES string of the molecule is COc1cccc2c1C(OC)C(c1ccccc1)=C2C. The van der Waals surface area contributed by atoms with Crippen LogP contribution in [0.2, 0.25) is 0 Å². The lowest BCUT2D eigenvalue weighted by Gasteiger charge is -2.17. The Kier molecular flexibility index (Phi) is 3.33. The number of rotatable bonds is 3. The van der Waals surface area contributed by atoms with Gasteiger partial charge in [0.25, 0.3) is 0 Å². The summed E-state index contributed by atoms with van der Waals surface area (Å²) in [6, 6.07) is 16.6. The van der Waals surface area contributed by atoms with E-state index < -0.39 is 0 Å². The number of allylic oxidation sites excluding steroid dienone is 1. The molecule has 0 spiro atoms. The summed E-state index contributed by atoms with van der Waals surface area (Å²) >= 11 is 0. The molecule has 0 N–H and O–H groups in total. The highest BCUT2D eigenvalue weighted by molar-refractivity contribution is 5.98. The molecule has 3 rings (SSSR count). The van der Waals surface area contributed by atoms with Crippen molar-refractivity contribution in [2.75, 3.05) is 14.2 Å². The molecule has 2 aromatic carbocycles. The lowest BCUT2D eigenvalue weighted by molar-refractivity contribution is 0.149. The van der Waals surface area contributed by atoms with E-state index in [2.05, 4.69) is 37.3 Å². The first kappa shape index (κ1) is 12.9. The van der Waals surface area contributed by atoms with Gasteiger partial charge in [0.15, 0.2) is 0 Å². The lowest BCUT2D eigenvalue weighted by atomic mass is 9.99. The molecule has 20 heavy (non-hydrogen) atoms. The third kappa shape index (κ3) is 1.84. The van der Waals surface area contributed by atoms with Gasteiger partial charge in [-0.05, 0) is 35.3 Å². The number of benzene rings is 2. The van der Waals surface area contributed by atoms with E-state index in [0.717, 1.165) is 11.3 Å². The Morgan fingerprint density at radius 1 is 0.900 bits per heavy atom. The minimum Gasteiger partial charge on any atom is -0.496 e. The minimum atomic E-state index is -0.0662. The molecule has 0 fully saturated rings. The van der Waals surface area contributed by atoms with Crippen molar-refractivity contribution in [3.05, 3.63) is 65.2 Å². The van der Waals surface area contributed by atoms with Crippen LogP contribution in [-0.4, -0.2) is 14.2 Å². The van der Waals surface area contributed by atoms with Gasteiger partial charge in [-0.1, -0.05) is 42.5 Å². The third-order valence-electron chi connectivity index (χ3n) is 3.94. The quantitative estimate of drug-likeness (QED) is 0.823. The zero-order valence-corrected chi connectivity index (χ0v) is 12.0. The van der Waals surface area contributed by atoms with Gasteiger partial charge >= 0.3 is 0 Å². The van der Waals surface area contributed by atoms with E-state index in [4.69, 9.17) is 9.47 Å². The summed E-state index contributed by atoms with van der Waals surface area (Å²) in [5.74, 6) is 0.889. The highest BCUT2D eigenvalue weighted by Gasteiger charge is 2.32. The molecule has 0 amide bonds. The molecule has 1 aliphatic carbocycles. The van der Waals surface area contributed by atoms with Gasteiger partial charge in [-0.2, -0.15) is 0 Å². The topological polar surface area (TPSA) is 18.5 Å². The molecule has 0 aromatic heterocycles. The van der Waals surface area contributed by atoms with E-state index in [-0.39, 0.29) is 6.10 Å². The van der Waals surface area contributed by atoms with Gasteiger partial charge in [-0.25, -0.2) is 0 Å². The van der Waals surface area contributed by atoms with E-state index in [9.17, 15) is 0 Å². The van der Waals surface area contributed by atoms with Crippen LogP contribution in [-0.2, 0) is 4.74 Å². The Balaban J connectivity index is 2.21. The fourth-order valence-electron chi connectivity index (χ4n) is 3.03. The molecular formula is C18H18O2. The van der Waals surface area contributed by atoms with Gasteiger partial charge in [0, 0.05) is 12.7 Å². The molecule has 0 saturated heterocycles. The maximum atomic E-state index is 5.78. The Morgan fingerprint density at radius 2 is 1.65 bits per heavy atom. The highest BCUT2D eigenvalue weighted by atomic mass is 16.5. The molecule has 1 atom stereocenters. The second-order valence-corrected chi connectivity index (χ2v) is 4.94. The minimum absolute atomic E-state index is 0.0662. The van der Waals surface area contributed by atoms with Crippen molar-refractivity contribution in [1.82, 2.24) is 0 Å². The van der Waals surface area contributed by atoms with E-state index in [1.54, 1.807) is 14.2 Å². The average molecular weight is 266 g/mol. The smallest absolute Gasteiger partial charge is 0.125 e. The fourth-order valence-corrected chi connectivity index (χ4v) is 3.03. The van der Waals surface area contributed by atoms with Gasteiger partial charge in [0.1, 0.15) is 11.9 Å². The number of fused-ring (bicyclic) bond motifs is 1. The van der Waals surface area contributed by atoms with Crippen molar-refractivity contribution in [3.8, 4) is 5.75 Å². The van der Waals surface area contributed by atoms with Crippen LogP contribution in [0, 0.1) is 0 Å². The molecule has 2 heteroatoms. The molecule has 1 unspecified atom stereocenters. The molecular weight excluding hydrogens is 248 g/mol. The van der Waals surface area contributed by atoms with Crippen LogP contribution < -0.4 is 4.74 Å². The predicted octanol–water partition coefficient (Wildman–Crippen LogP) is 4.33. The van der Waals surface area contributed by atoms with Crippen molar-refractivity contribution >= 4 is 11.1 Å². The first-order chi connectivity index (χ1) is 9.77. The second-order valence-electron chi connectivity index (χ2n) is 4.94. The second kappa shape index (κ2) is 5.14. The summed E-state index contributed by atoms with van der Waals surface area (Å²) in [5.41, 5.74) is 6.04. The van der Waals surface area contributed by atoms with Crippen molar-refractivity contribution in [3.63, 3.8) is 0 Å². The Morgan fingerprint density at radius 3 is 2.30 bits per heavy atom. The number of methoxy groups -OCH3 is 2. The van der Waals surface area contributed by atoms with Gasteiger partial charge in [0.2, 0.25) is 0 Å². The summed E-state index contributed by atoms with van der Waals surface area (Å²) in [4.78, 5) is 0.